The van der Waals surface area contributed by atoms with Gasteiger partial charge >= 0.3 is 0 Å². The van der Waals surface area contributed by atoms with Crippen LogP contribution in [0.1, 0.15) is 12.0 Å². The molecule has 0 spiro atoms. The van der Waals surface area contributed by atoms with E-state index < -0.39 is 4.51 Å². The first-order valence-corrected chi connectivity index (χ1v) is 5.44. The van der Waals surface area contributed by atoms with E-state index in [1.165, 1.54) is 6.07 Å². The quantitative estimate of drug-likeness (QED) is 0.776. The summed E-state index contributed by atoms with van der Waals surface area (Å²) in [6.45, 7) is 0. The van der Waals surface area contributed by atoms with Crippen LogP contribution in [0.15, 0.2) is 42.5 Å². The first-order chi connectivity index (χ1) is 7.11. The molecule has 0 amide bonds. The molecule has 15 heavy (non-hydrogen) atoms. The van der Waals surface area contributed by atoms with Crippen molar-refractivity contribution in [3.05, 3.63) is 53.9 Å². The lowest BCUT2D eigenvalue weighted by molar-refractivity contribution is 0.207. The molecule has 0 radical (unpaired) electrons. The second-order valence-electron chi connectivity index (χ2n) is 3.45. The third kappa shape index (κ3) is 2.03. The molecule has 0 aromatic heterocycles. The molecular formula is C12H10BrFO. The highest BCUT2D eigenvalue weighted by atomic mass is 79.9. The Balaban J connectivity index is 2.51. The number of benzene rings is 1. The second-order valence-corrected chi connectivity index (χ2v) is 4.76. The lowest BCUT2D eigenvalue weighted by atomic mass is 9.94. The van der Waals surface area contributed by atoms with Crippen LogP contribution in [-0.2, 0) is 0 Å². The summed E-state index contributed by atoms with van der Waals surface area (Å²) in [6, 6.07) is 6.43. The molecule has 1 nitrogen and oxygen atoms in total. The molecule has 3 heteroatoms. The van der Waals surface area contributed by atoms with Crippen molar-refractivity contribution < 1.29 is 9.50 Å². The van der Waals surface area contributed by atoms with Crippen molar-refractivity contribution in [1.29, 1.82) is 0 Å². The van der Waals surface area contributed by atoms with Gasteiger partial charge in [0.2, 0.25) is 0 Å². The standard InChI is InChI=1S/C12H10BrFO/c13-12(15)8-4-3-6-10(12)9-5-1-2-7-11(9)14/h1-7,15H,8H2. The molecule has 1 aliphatic rings. The summed E-state index contributed by atoms with van der Waals surface area (Å²) < 4.78 is 12.4. The van der Waals surface area contributed by atoms with E-state index in [0.29, 0.717) is 17.6 Å². The predicted octanol–water partition coefficient (Wildman–Crippen LogP) is 3.25. The van der Waals surface area contributed by atoms with Gasteiger partial charge in [-0.25, -0.2) is 4.39 Å². The van der Waals surface area contributed by atoms with Crippen LogP contribution in [0.5, 0.6) is 0 Å². The molecule has 1 atom stereocenters. The number of allylic oxidation sites excluding steroid dienone is 2. The maximum Gasteiger partial charge on any atom is 0.149 e. The van der Waals surface area contributed by atoms with Crippen LogP contribution < -0.4 is 0 Å². The molecule has 1 aromatic carbocycles. The van der Waals surface area contributed by atoms with Crippen molar-refractivity contribution >= 4 is 21.5 Å². The van der Waals surface area contributed by atoms with Gasteiger partial charge in [0.25, 0.3) is 0 Å². The first-order valence-electron chi connectivity index (χ1n) is 4.65. The summed E-state index contributed by atoms with van der Waals surface area (Å²) >= 11 is 3.20. The molecular weight excluding hydrogens is 259 g/mol. The number of hydrogen-bond donors (Lipinski definition) is 1. The van der Waals surface area contributed by atoms with Crippen LogP contribution in [0.25, 0.3) is 5.57 Å². The Kier molecular flexibility index (Phi) is 2.76. The van der Waals surface area contributed by atoms with Crippen molar-refractivity contribution in [1.82, 2.24) is 0 Å². The van der Waals surface area contributed by atoms with Gasteiger partial charge in [0.05, 0.1) is 0 Å². The van der Waals surface area contributed by atoms with Gasteiger partial charge in [-0.2, -0.15) is 0 Å². The van der Waals surface area contributed by atoms with E-state index in [2.05, 4.69) is 15.9 Å². The zero-order valence-corrected chi connectivity index (χ0v) is 9.54. The highest BCUT2D eigenvalue weighted by Crippen LogP contribution is 2.38. The Hall–Kier alpha value is -0.930. The Labute approximate surface area is 96.1 Å². The third-order valence-electron chi connectivity index (χ3n) is 2.36. The zero-order valence-electron chi connectivity index (χ0n) is 7.95. The van der Waals surface area contributed by atoms with Crippen molar-refractivity contribution in [2.24, 2.45) is 0 Å². The Morgan fingerprint density at radius 3 is 2.73 bits per heavy atom. The van der Waals surface area contributed by atoms with Crippen molar-refractivity contribution in [2.45, 2.75) is 10.9 Å². The summed E-state index contributed by atoms with van der Waals surface area (Å²) in [5, 5.41) is 10.0. The number of halogens is 2. The van der Waals surface area contributed by atoms with E-state index in [0.717, 1.165) is 0 Å². The van der Waals surface area contributed by atoms with Gasteiger partial charge in [0, 0.05) is 17.6 Å². The third-order valence-corrected chi connectivity index (χ3v) is 3.11. The number of hydrogen-bond acceptors (Lipinski definition) is 1. The molecule has 78 valence electrons. The maximum atomic E-state index is 13.5. The molecule has 0 saturated heterocycles. The minimum absolute atomic E-state index is 0.322. The Morgan fingerprint density at radius 2 is 2.07 bits per heavy atom. The van der Waals surface area contributed by atoms with Crippen molar-refractivity contribution in [3.63, 3.8) is 0 Å². The van der Waals surface area contributed by atoms with Crippen LogP contribution >= 0.6 is 15.9 Å². The summed E-state index contributed by atoms with van der Waals surface area (Å²) in [5.74, 6) is -0.322. The summed E-state index contributed by atoms with van der Waals surface area (Å²) in [6.07, 6.45) is 5.81. The second kappa shape index (κ2) is 3.91. The summed E-state index contributed by atoms with van der Waals surface area (Å²) in [7, 11) is 0. The molecule has 0 fully saturated rings. The molecule has 1 aliphatic carbocycles. The summed E-state index contributed by atoms with van der Waals surface area (Å²) in [5.41, 5.74) is 0.990. The number of aliphatic hydroxyl groups is 1. The van der Waals surface area contributed by atoms with Gasteiger partial charge in [0.15, 0.2) is 0 Å². The minimum atomic E-state index is -1.16. The van der Waals surface area contributed by atoms with Crippen LogP contribution in [0.2, 0.25) is 0 Å². The van der Waals surface area contributed by atoms with E-state index in [9.17, 15) is 9.50 Å². The van der Waals surface area contributed by atoms with E-state index in [1.54, 1.807) is 24.3 Å². The van der Waals surface area contributed by atoms with Crippen LogP contribution in [-0.4, -0.2) is 9.62 Å². The maximum absolute atomic E-state index is 13.5. The van der Waals surface area contributed by atoms with Crippen LogP contribution in [0.4, 0.5) is 4.39 Å². The van der Waals surface area contributed by atoms with E-state index in [-0.39, 0.29) is 5.82 Å². The van der Waals surface area contributed by atoms with E-state index in [1.807, 2.05) is 12.2 Å². The Bertz CT molecular complexity index is 435. The largest absolute Gasteiger partial charge is 0.374 e. The molecule has 0 aliphatic heterocycles. The molecule has 1 aromatic rings. The van der Waals surface area contributed by atoms with Gasteiger partial charge in [0.1, 0.15) is 10.3 Å². The molecule has 0 heterocycles. The average molecular weight is 269 g/mol. The zero-order chi connectivity index (χ0) is 10.9. The smallest absolute Gasteiger partial charge is 0.149 e. The van der Waals surface area contributed by atoms with Crippen molar-refractivity contribution in [2.75, 3.05) is 0 Å². The van der Waals surface area contributed by atoms with Gasteiger partial charge in [-0.15, -0.1) is 0 Å². The van der Waals surface area contributed by atoms with Gasteiger partial charge < -0.3 is 5.11 Å². The van der Waals surface area contributed by atoms with Gasteiger partial charge in [-0.05, 0) is 22.0 Å². The highest BCUT2D eigenvalue weighted by molar-refractivity contribution is 9.10. The number of alkyl halides is 1. The van der Waals surface area contributed by atoms with E-state index >= 15 is 0 Å². The van der Waals surface area contributed by atoms with Crippen molar-refractivity contribution in [3.8, 4) is 0 Å². The summed E-state index contributed by atoms with van der Waals surface area (Å²) in [4.78, 5) is 0. The highest BCUT2D eigenvalue weighted by Gasteiger charge is 2.30. The lowest BCUT2D eigenvalue weighted by Gasteiger charge is -2.26. The average Bonchev–Trinajstić information content (AvgIpc) is 2.19. The first kappa shape index (κ1) is 10.6. The molecule has 2 rings (SSSR count). The van der Waals surface area contributed by atoms with Gasteiger partial charge in [-0.1, -0.05) is 36.4 Å². The Morgan fingerprint density at radius 1 is 1.33 bits per heavy atom. The fourth-order valence-corrected chi connectivity index (χ4v) is 2.13. The normalized spacial score (nSPS) is 25.1. The monoisotopic (exact) mass is 268 g/mol. The number of rotatable bonds is 1. The fourth-order valence-electron chi connectivity index (χ4n) is 1.60. The molecule has 0 bridgehead atoms. The predicted molar refractivity (Wildman–Crippen MR) is 62.0 cm³/mol. The molecule has 1 N–H and O–H groups in total. The van der Waals surface area contributed by atoms with Crippen LogP contribution in [0, 0.1) is 5.82 Å². The lowest BCUT2D eigenvalue weighted by Crippen LogP contribution is -2.23. The molecule has 0 saturated carbocycles. The topological polar surface area (TPSA) is 20.2 Å². The van der Waals surface area contributed by atoms with Gasteiger partial charge in [-0.3, -0.25) is 0 Å². The van der Waals surface area contributed by atoms with E-state index in [4.69, 9.17) is 0 Å². The minimum Gasteiger partial charge on any atom is -0.374 e. The molecule has 1 unspecified atom stereocenters. The SMILES string of the molecule is OC1(Br)CC=CC=C1c1ccccc1F. The van der Waals surface area contributed by atoms with Crippen LogP contribution in [0.3, 0.4) is 0 Å². The fraction of sp³-hybridized carbons (Fsp3) is 0.167.